The van der Waals surface area contributed by atoms with E-state index in [1.54, 1.807) is 30.3 Å². The molecule has 1 heterocycles. The molecule has 4 N–H and O–H groups in total. The number of hydrogen-bond acceptors (Lipinski definition) is 7. The van der Waals surface area contributed by atoms with Crippen LogP contribution in [0.1, 0.15) is 116 Å². The van der Waals surface area contributed by atoms with E-state index in [4.69, 9.17) is 14.2 Å². The minimum Gasteiger partial charge on any atom is -0.494 e. The molecule has 0 spiro atoms. The second kappa shape index (κ2) is 23.4. The van der Waals surface area contributed by atoms with Crippen molar-refractivity contribution in [3.05, 3.63) is 42.0 Å². The van der Waals surface area contributed by atoms with Gasteiger partial charge in [0.05, 0.1) is 32.4 Å². The van der Waals surface area contributed by atoms with Crippen LogP contribution in [0.5, 0.6) is 5.75 Å². The number of carbonyl (C=O) groups excluding carboxylic acids is 2. The van der Waals surface area contributed by atoms with E-state index in [9.17, 15) is 29.0 Å². The Morgan fingerprint density at radius 3 is 2.12 bits per heavy atom. The lowest BCUT2D eigenvalue weighted by Crippen LogP contribution is -2.56. The number of allylic oxidation sites excluding steroid dienone is 1. The molecule has 2 rings (SSSR count). The fraction of sp³-hybridized carbons (Fsp3) is 0.711. The van der Waals surface area contributed by atoms with E-state index in [-0.39, 0.29) is 6.42 Å². The molecule has 1 aromatic rings. The summed E-state index contributed by atoms with van der Waals surface area (Å²) in [6, 6.07) is 6.09. The predicted molar refractivity (Wildman–Crippen MR) is 188 cm³/mol. The first kappa shape index (κ1) is 42.1. The summed E-state index contributed by atoms with van der Waals surface area (Å²) in [5.41, 5.74) is -1.95. The highest BCUT2D eigenvalue weighted by atomic mass is 19.1. The number of hydrogen-bond donors (Lipinski definition) is 4. The molecule has 1 fully saturated rings. The summed E-state index contributed by atoms with van der Waals surface area (Å²) in [6.45, 7) is 5.00. The molecule has 0 bridgehead atoms. The van der Waals surface area contributed by atoms with Gasteiger partial charge in [0.2, 0.25) is 11.8 Å². The molecule has 278 valence electrons. The Morgan fingerprint density at radius 2 is 1.55 bits per heavy atom. The Balaban J connectivity index is 1.99. The molecule has 0 aromatic heterocycles. The second-order valence-corrected chi connectivity index (χ2v) is 13.0. The lowest BCUT2D eigenvalue weighted by atomic mass is 9.83. The number of nitrogens with one attached hydrogen (secondary N) is 2. The van der Waals surface area contributed by atoms with Crippen LogP contribution in [-0.4, -0.2) is 79.0 Å². The SMILES string of the molecule is CCCCCCCC1(CCCCCCC=C[C@H](C(=O)N[C@@H](Cc2ccc(OCCCC)cc2)C(=O)NC)[C@@](O)(CCF)C(=O)O)OCCO1. The average Bonchev–Trinajstić information content (AvgIpc) is 3.56. The van der Waals surface area contributed by atoms with Crippen LogP contribution in [0.15, 0.2) is 36.4 Å². The van der Waals surface area contributed by atoms with Gasteiger partial charge in [-0.3, -0.25) is 14.0 Å². The Labute approximate surface area is 292 Å². The van der Waals surface area contributed by atoms with Crippen molar-refractivity contribution >= 4 is 17.8 Å². The average molecular weight is 693 g/mol. The maximum atomic E-state index is 13.5. The topological polar surface area (TPSA) is 143 Å². The van der Waals surface area contributed by atoms with Gasteiger partial charge in [0, 0.05) is 32.7 Å². The number of likely N-dealkylation sites (N-methyl/N-ethyl adjacent to an activating group) is 1. The van der Waals surface area contributed by atoms with E-state index in [1.165, 1.54) is 38.8 Å². The van der Waals surface area contributed by atoms with Crippen LogP contribution in [-0.2, 0) is 30.3 Å². The fourth-order valence-electron chi connectivity index (χ4n) is 6.09. The van der Waals surface area contributed by atoms with E-state index in [0.29, 0.717) is 32.0 Å². The standard InChI is InChI=1S/C38H61FN2O8/c1-4-6-8-12-15-22-37(48-27-28-49-37)23-16-13-10-9-11-14-17-32(38(46,24-25-39)36(44)45)34(42)41-33(35(43)40-3)29-30-18-20-31(21-19-30)47-26-7-5-2/h14,17-21,32-33,46H,4-13,15-16,22-29H2,1-3H3,(H,40,43)(H,41,42)(H,44,45)/t32-,33+,38+/m1/s1. The van der Waals surface area contributed by atoms with Gasteiger partial charge in [0.15, 0.2) is 11.4 Å². The van der Waals surface area contributed by atoms with Crippen molar-refractivity contribution in [3.63, 3.8) is 0 Å². The fourth-order valence-corrected chi connectivity index (χ4v) is 6.09. The Kier molecular flexibility index (Phi) is 20.1. The molecule has 10 nitrogen and oxygen atoms in total. The molecule has 0 aliphatic carbocycles. The number of alkyl halides is 1. The lowest BCUT2D eigenvalue weighted by molar-refractivity contribution is -0.168. The third-order valence-electron chi connectivity index (χ3n) is 9.13. The van der Waals surface area contributed by atoms with Gasteiger partial charge in [-0.25, -0.2) is 4.79 Å². The number of aliphatic carboxylic acids is 1. The quantitative estimate of drug-likeness (QED) is 0.0610. The summed E-state index contributed by atoms with van der Waals surface area (Å²) in [7, 11) is 1.43. The molecule has 1 saturated heterocycles. The number of carbonyl (C=O) groups is 3. The van der Waals surface area contributed by atoms with Gasteiger partial charge in [0.25, 0.3) is 0 Å². The maximum Gasteiger partial charge on any atom is 0.336 e. The molecule has 49 heavy (non-hydrogen) atoms. The molecule has 0 unspecified atom stereocenters. The van der Waals surface area contributed by atoms with Crippen LogP contribution in [0.25, 0.3) is 0 Å². The van der Waals surface area contributed by atoms with Crippen LogP contribution in [0.4, 0.5) is 4.39 Å². The monoisotopic (exact) mass is 692 g/mol. The summed E-state index contributed by atoms with van der Waals surface area (Å²) in [5, 5.41) is 26.1. The van der Waals surface area contributed by atoms with Crippen LogP contribution in [0, 0.1) is 5.92 Å². The van der Waals surface area contributed by atoms with Crippen molar-refractivity contribution in [3.8, 4) is 5.75 Å². The number of benzene rings is 1. The second-order valence-electron chi connectivity index (χ2n) is 13.0. The van der Waals surface area contributed by atoms with Crippen molar-refractivity contribution in [2.24, 2.45) is 5.92 Å². The molecule has 1 aliphatic rings. The van der Waals surface area contributed by atoms with Crippen molar-refractivity contribution in [2.75, 3.05) is 33.5 Å². The molecule has 0 radical (unpaired) electrons. The minimum atomic E-state index is -2.69. The molecule has 1 aromatic carbocycles. The van der Waals surface area contributed by atoms with Crippen LogP contribution in [0.2, 0.25) is 0 Å². The highest BCUT2D eigenvalue weighted by molar-refractivity contribution is 5.93. The largest absolute Gasteiger partial charge is 0.494 e. The summed E-state index contributed by atoms with van der Waals surface area (Å²) in [5.74, 6) is -4.47. The third kappa shape index (κ3) is 14.8. The summed E-state index contributed by atoms with van der Waals surface area (Å²) in [6.07, 6.45) is 16.1. The van der Waals surface area contributed by atoms with E-state index < -0.39 is 54.2 Å². The number of rotatable bonds is 27. The van der Waals surface area contributed by atoms with Crippen molar-refractivity contribution < 1.29 is 43.2 Å². The lowest BCUT2D eigenvalue weighted by Gasteiger charge is -2.30. The molecular formula is C38H61FN2O8. The summed E-state index contributed by atoms with van der Waals surface area (Å²) >= 11 is 0. The smallest absolute Gasteiger partial charge is 0.336 e. The first-order chi connectivity index (χ1) is 23.6. The Morgan fingerprint density at radius 1 is 0.939 bits per heavy atom. The minimum absolute atomic E-state index is 0.113. The van der Waals surface area contributed by atoms with Gasteiger partial charge in [-0.15, -0.1) is 0 Å². The van der Waals surface area contributed by atoms with Gasteiger partial charge < -0.3 is 35.1 Å². The number of halogens is 1. The zero-order valence-electron chi connectivity index (χ0n) is 30.0. The Bertz CT molecular complexity index is 1130. The molecular weight excluding hydrogens is 631 g/mol. The van der Waals surface area contributed by atoms with E-state index in [1.807, 2.05) is 0 Å². The molecule has 1 aliphatic heterocycles. The first-order valence-corrected chi connectivity index (χ1v) is 18.3. The number of aliphatic hydroxyl groups is 1. The van der Waals surface area contributed by atoms with Gasteiger partial charge in [-0.05, 0) is 49.8 Å². The number of carboxylic acids is 1. The summed E-state index contributed by atoms with van der Waals surface area (Å²) in [4.78, 5) is 38.5. The number of amides is 2. The van der Waals surface area contributed by atoms with E-state index in [2.05, 4.69) is 24.5 Å². The summed E-state index contributed by atoms with van der Waals surface area (Å²) < 4.78 is 31.2. The third-order valence-corrected chi connectivity index (χ3v) is 9.13. The van der Waals surface area contributed by atoms with Gasteiger partial charge in [-0.1, -0.05) is 83.1 Å². The van der Waals surface area contributed by atoms with Crippen LogP contribution < -0.4 is 15.4 Å². The van der Waals surface area contributed by atoms with Gasteiger partial charge in [0.1, 0.15) is 11.8 Å². The predicted octanol–water partition coefficient (Wildman–Crippen LogP) is 6.43. The van der Waals surface area contributed by atoms with Crippen molar-refractivity contribution in [1.82, 2.24) is 10.6 Å². The van der Waals surface area contributed by atoms with Crippen LogP contribution >= 0.6 is 0 Å². The van der Waals surface area contributed by atoms with Gasteiger partial charge >= 0.3 is 5.97 Å². The zero-order valence-corrected chi connectivity index (χ0v) is 30.0. The normalized spacial score (nSPS) is 16.6. The zero-order chi connectivity index (χ0) is 36.0. The Hall–Kier alpha value is -3.02. The highest BCUT2D eigenvalue weighted by Crippen LogP contribution is 2.32. The molecule has 0 saturated carbocycles. The number of carboxylic acid groups (broad SMARTS) is 1. The van der Waals surface area contributed by atoms with E-state index in [0.717, 1.165) is 63.4 Å². The number of ether oxygens (including phenoxy) is 3. The van der Waals surface area contributed by atoms with Gasteiger partial charge in [-0.2, -0.15) is 0 Å². The maximum absolute atomic E-state index is 13.5. The number of unbranched alkanes of at least 4 members (excludes halogenated alkanes) is 9. The molecule has 11 heteroatoms. The highest BCUT2D eigenvalue weighted by Gasteiger charge is 2.47. The van der Waals surface area contributed by atoms with Crippen molar-refractivity contribution in [2.45, 2.75) is 134 Å². The van der Waals surface area contributed by atoms with E-state index >= 15 is 0 Å². The van der Waals surface area contributed by atoms with Crippen LogP contribution in [0.3, 0.4) is 0 Å². The van der Waals surface area contributed by atoms with Crippen molar-refractivity contribution in [1.29, 1.82) is 0 Å². The molecule has 2 amide bonds. The molecule has 3 atom stereocenters. The first-order valence-electron chi connectivity index (χ1n) is 18.3.